The lowest BCUT2D eigenvalue weighted by atomic mass is 10.1. The molecule has 3 rings (SSSR count). The highest BCUT2D eigenvalue weighted by Gasteiger charge is 2.11. The predicted octanol–water partition coefficient (Wildman–Crippen LogP) is 3.34. The number of carbonyl (C=O) groups is 1. The largest absolute Gasteiger partial charge is 0.497 e. The van der Waals surface area contributed by atoms with E-state index in [1.807, 2.05) is 53.9 Å². The minimum absolute atomic E-state index is 0.594. The van der Waals surface area contributed by atoms with Gasteiger partial charge < -0.3 is 9.84 Å². The van der Waals surface area contributed by atoms with Gasteiger partial charge in [-0.3, -0.25) is 4.40 Å². The molecule has 0 bridgehead atoms. The molecule has 0 aliphatic heterocycles. The number of pyridine rings is 1. The van der Waals surface area contributed by atoms with Crippen LogP contribution in [0.5, 0.6) is 5.75 Å². The van der Waals surface area contributed by atoms with Crippen molar-refractivity contribution in [1.82, 2.24) is 9.38 Å². The number of fused-ring (bicyclic) bond motifs is 1. The van der Waals surface area contributed by atoms with E-state index in [4.69, 9.17) is 9.84 Å². The van der Waals surface area contributed by atoms with E-state index < -0.39 is 5.97 Å². The first kappa shape index (κ1) is 15.8. The summed E-state index contributed by atoms with van der Waals surface area (Å²) >= 11 is 0. The van der Waals surface area contributed by atoms with Crippen molar-refractivity contribution in [1.29, 1.82) is 0 Å². The molecule has 0 aliphatic rings. The summed E-state index contributed by atoms with van der Waals surface area (Å²) < 4.78 is 7.18. The molecule has 0 amide bonds. The van der Waals surface area contributed by atoms with Crippen LogP contribution in [0.3, 0.4) is 0 Å². The van der Waals surface area contributed by atoms with Gasteiger partial charge in [0, 0.05) is 18.7 Å². The molecular formula is C19H18N2O3. The van der Waals surface area contributed by atoms with E-state index in [0.717, 1.165) is 40.0 Å². The van der Waals surface area contributed by atoms with Crippen LogP contribution in [0.1, 0.15) is 22.5 Å². The lowest BCUT2D eigenvalue weighted by Crippen LogP contribution is -1.95. The van der Waals surface area contributed by atoms with Crippen molar-refractivity contribution in [3.05, 3.63) is 71.2 Å². The highest BCUT2D eigenvalue weighted by Crippen LogP contribution is 2.21. The highest BCUT2D eigenvalue weighted by molar-refractivity contribution is 5.85. The molecule has 5 nitrogen and oxygen atoms in total. The third-order valence-corrected chi connectivity index (χ3v) is 3.77. The minimum Gasteiger partial charge on any atom is -0.497 e. The first-order valence-corrected chi connectivity index (χ1v) is 7.58. The Morgan fingerprint density at radius 3 is 2.92 bits per heavy atom. The normalized spacial score (nSPS) is 11.2. The van der Waals surface area contributed by atoms with Gasteiger partial charge in [0.2, 0.25) is 0 Å². The number of aliphatic carboxylic acids is 1. The minimum atomic E-state index is -0.982. The molecule has 0 aliphatic carbocycles. The van der Waals surface area contributed by atoms with Crippen LogP contribution in [0.4, 0.5) is 0 Å². The van der Waals surface area contributed by atoms with Crippen molar-refractivity contribution in [3.8, 4) is 5.75 Å². The van der Waals surface area contributed by atoms with Gasteiger partial charge in [-0.05, 0) is 42.3 Å². The van der Waals surface area contributed by atoms with Crippen LogP contribution in [0.15, 0.2) is 48.7 Å². The van der Waals surface area contributed by atoms with Crippen LogP contribution < -0.4 is 4.74 Å². The maximum Gasteiger partial charge on any atom is 0.328 e. The number of rotatable bonds is 5. The van der Waals surface area contributed by atoms with Crippen molar-refractivity contribution in [2.24, 2.45) is 0 Å². The third-order valence-electron chi connectivity index (χ3n) is 3.77. The summed E-state index contributed by atoms with van der Waals surface area (Å²) in [5.41, 5.74) is 4.53. The zero-order chi connectivity index (χ0) is 17.1. The summed E-state index contributed by atoms with van der Waals surface area (Å²) in [6, 6.07) is 11.7. The Labute approximate surface area is 139 Å². The zero-order valence-electron chi connectivity index (χ0n) is 13.6. The topological polar surface area (TPSA) is 63.8 Å². The van der Waals surface area contributed by atoms with E-state index in [-0.39, 0.29) is 0 Å². The molecule has 2 heterocycles. The number of hydrogen-bond donors (Lipinski definition) is 1. The van der Waals surface area contributed by atoms with Crippen molar-refractivity contribution < 1.29 is 14.6 Å². The molecule has 0 atom stereocenters. The lowest BCUT2D eigenvalue weighted by molar-refractivity contribution is -0.131. The second-order valence-electron chi connectivity index (χ2n) is 5.58. The summed E-state index contributed by atoms with van der Waals surface area (Å²) in [6.45, 7) is 1.99. The van der Waals surface area contributed by atoms with E-state index in [2.05, 4.69) is 4.98 Å². The molecule has 0 fully saturated rings. The van der Waals surface area contributed by atoms with Crippen molar-refractivity contribution >= 4 is 17.7 Å². The number of methoxy groups -OCH3 is 1. The van der Waals surface area contributed by atoms with E-state index in [1.54, 1.807) is 13.2 Å². The van der Waals surface area contributed by atoms with Crippen molar-refractivity contribution in [2.75, 3.05) is 7.11 Å². The first-order valence-electron chi connectivity index (χ1n) is 7.58. The molecule has 0 saturated heterocycles. The Kier molecular flexibility index (Phi) is 4.33. The van der Waals surface area contributed by atoms with E-state index in [0.29, 0.717) is 6.42 Å². The van der Waals surface area contributed by atoms with Gasteiger partial charge in [0.1, 0.15) is 11.4 Å². The van der Waals surface area contributed by atoms with Crippen molar-refractivity contribution in [2.45, 2.75) is 13.3 Å². The van der Waals surface area contributed by atoms with Crippen molar-refractivity contribution in [3.63, 3.8) is 0 Å². The monoisotopic (exact) mass is 322 g/mol. The summed E-state index contributed by atoms with van der Waals surface area (Å²) in [5, 5.41) is 8.95. The maximum absolute atomic E-state index is 10.9. The number of aryl methyl sites for hydroxylation is 1. The fraction of sp³-hybridized carbons (Fsp3) is 0.158. The van der Waals surface area contributed by atoms with E-state index in [9.17, 15) is 4.79 Å². The number of ether oxygens (including phenoxy) is 1. The summed E-state index contributed by atoms with van der Waals surface area (Å²) in [6.07, 6.45) is 5.29. The van der Waals surface area contributed by atoms with Gasteiger partial charge in [0.05, 0.1) is 18.5 Å². The predicted molar refractivity (Wildman–Crippen MR) is 92.4 cm³/mol. The molecule has 0 spiro atoms. The molecule has 1 aromatic carbocycles. The van der Waals surface area contributed by atoms with Gasteiger partial charge in [0.25, 0.3) is 0 Å². The Morgan fingerprint density at radius 2 is 2.17 bits per heavy atom. The number of imidazole rings is 1. The fourth-order valence-corrected chi connectivity index (χ4v) is 2.65. The molecule has 0 saturated carbocycles. The smallest absolute Gasteiger partial charge is 0.328 e. The Bertz CT molecular complexity index is 926. The number of carboxylic acids is 1. The first-order chi connectivity index (χ1) is 11.6. The summed E-state index contributed by atoms with van der Waals surface area (Å²) in [5.74, 6) is -0.195. The molecule has 122 valence electrons. The highest BCUT2D eigenvalue weighted by atomic mass is 16.5. The molecule has 0 unspecified atom stereocenters. The van der Waals surface area contributed by atoms with Crippen LogP contribution >= 0.6 is 0 Å². The second-order valence-corrected chi connectivity index (χ2v) is 5.58. The SMILES string of the molecule is COc1cccc(Cc2nc3ccc(C)cn3c2/C=C/C(=O)O)c1. The summed E-state index contributed by atoms with van der Waals surface area (Å²) in [7, 11) is 1.63. The average molecular weight is 322 g/mol. The second kappa shape index (κ2) is 6.58. The van der Waals surface area contributed by atoms with Crippen LogP contribution in [0, 0.1) is 6.92 Å². The molecule has 3 aromatic rings. The van der Waals surface area contributed by atoms with Crippen LogP contribution in [0.2, 0.25) is 0 Å². The van der Waals surface area contributed by atoms with Gasteiger partial charge in [-0.25, -0.2) is 9.78 Å². The van der Waals surface area contributed by atoms with Gasteiger partial charge in [-0.1, -0.05) is 18.2 Å². The molecule has 24 heavy (non-hydrogen) atoms. The zero-order valence-corrected chi connectivity index (χ0v) is 13.6. The van der Waals surface area contributed by atoms with Gasteiger partial charge >= 0.3 is 5.97 Å². The quantitative estimate of drug-likeness (QED) is 0.732. The molecule has 1 N–H and O–H groups in total. The van der Waals surface area contributed by atoms with E-state index >= 15 is 0 Å². The number of carboxylic acid groups (broad SMARTS) is 1. The van der Waals surface area contributed by atoms with Crippen LogP contribution in [0.25, 0.3) is 11.7 Å². The Hall–Kier alpha value is -3.08. The van der Waals surface area contributed by atoms with E-state index in [1.165, 1.54) is 0 Å². The number of nitrogens with zero attached hydrogens (tertiary/aromatic N) is 2. The third kappa shape index (κ3) is 3.30. The van der Waals surface area contributed by atoms with Crippen LogP contribution in [-0.2, 0) is 11.2 Å². The van der Waals surface area contributed by atoms with Crippen LogP contribution in [-0.4, -0.2) is 27.6 Å². The summed E-state index contributed by atoms with van der Waals surface area (Å²) in [4.78, 5) is 15.6. The Morgan fingerprint density at radius 1 is 1.33 bits per heavy atom. The number of hydrogen-bond acceptors (Lipinski definition) is 3. The molecule has 0 radical (unpaired) electrons. The number of benzene rings is 1. The average Bonchev–Trinajstić information content (AvgIpc) is 2.89. The molecule has 2 aromatic heterocycles. The van der Waals surface area contributed by atoms with Gasteiger partial charge in [-0.15, -0.1) is 0 Å². The van der Waals surface area contributed by atoms with Gasteiger partial charge in [0.15, 0.2) is 0 Å². The Balaban J connectivity index is 2.08. The molecule has 5 heteroatoms. The fourth-order valence-electron chi connectivity index (χ4n) is 2.65. The molecular weight excluding hydrogens is 304 g/mol. The lowest BCUT2D eigenvalue weighted by Gasteiger charge is -2.04. The van der Waals surface area contributed by atoms with Gasteiger partial charge in [-0.2, -0.15) is 0 Å². The number of aromatic nitrogens is 2. The maximum atomic E-state index is 10.9. The standard InChI is InChI=1S/C19H18N2O3/c1-13-6-8-18-20-16(11-14-4-3-5-15(10-14)24-2)17(21(18)12-13)7-9-19(22)23/h3-10,12H,11H2,1-2H3,(H,22,23)/b9-7+.